The smallest absolute Gasteiger partial charge is 0.0727 e. The number of aromatic nitrogens is 3. The predicted octanol–water partition coefficient (Wildman–Crippen LogP) is 5.75. The average Bonchev–Trinajstić information content (AvgIpc) is 3.40. The Morgan fingerprint density at radius 2 is 2.00 bits per heavy atom. The summed E-state index contributed by atoms with van der Waals surface area (Å²) in [5.74, 6) is 0.594. The highest BCUT2D eigenvalue weighted by Gasteiger charge is 2.26. The summed E-state index contributed by atoms with van der Waals surface area (Å²) in [7, 11) is 0. The van der Waals surface area contributed by atoms with Gasteiger partial charge in [0.1, 0.15) is 0 Å². The van der Waals surface area contributed by atoms with E-state index in [1.165, 1.54) is 24.1 Å². The van der Waals surface area contributed by atoms with Crippen molar-refractivity contribution in [1.29, 1.82) is 0 Å². The molecular formula is C22H19ClN4. The van der Waals surface area contributed by atoms with E-state index in [1.807, 2.05) is 35.1 Å². The van der Waals surface area contributed by atoms with Crippen LogP contribution in [0.2, 0.25) is 5.02 Å². The summed E-state index contributed by atoms with van der Waals surface area (Å²) < 4.78 is 1.92. The number of anilines is 2. The van der Waals surface area contributed by atoms with Crippen molar-refractivity contribution >= 4 is 33.9 Å². The van der Waals surface area contributed by atoms with Crippen LogP contribution in [0.25, 0.3) is 10.9 Å². The molecule has 0 spiro atoms. The largest absolute Gasteiger partial charge is 0.355 e. The van der Waals surface area contributed by atoms with Crippen LogP contribution in [0.15, 0.2) is 67.0 Å². The van der Waals surface area contributed by atoms with Gasteiger partial charge in [-0.1, -0.05) is 23.7 Å². The number of hydrogen-bond acceptors (Lipinski definition) is 3. The van der Waals surface area contributed by atoms with Gasteiger partial charge in [0, 0.05) is 45.8 Å². The summed E-state index contributed by atoms with van der Waals surface area (Å²) >= 11 is 6.25. The Labute approximate surface area is 162 Å². The van der Waals surface area contributed by atoms with Crippen LogP contribution in [0.4, 0.5) is 11.4 Å². The van der Waals surface area contributed by atoms with Crippen LogP contribution in [0, 0.1) is 0 Å². The Balaban J connectivity index is 1.51. The minimum absolute atomic E-state index is 0.594. The molecule has 1 N–H and O–H groups in total. The summed E-state index contributed by atoms with van der Waals surface area (Å²) in [6, 6.07) is 18.4. The van der Waals surface area contributed by atoms with E-state index >= 15 is 0 Å². The zero-order valence-electron chi connectivity index (χ0n) is 14.8. The molecule has 134 valence electrons. The van der Waals surface area contributed by atoms with E-state index in [1.54, 1.807) is 6.20 Å². The van der Waals surface area contributed by atoms with E-state index in [4.69, 9.17) is 16.6 Å². The molecule has 5 rings (SSSR count). The molecule has 0 radical (unpaired) electrons. The molecule has 27 heavy (non-hydrogen) atoms. The number of halogens is 1. The van der Waals surface area contributed by atoms with Crippen LogP contribution in [0.1, 0.15) is 30.0 Å². The fraction of sp³-hybridized carbons (Fsp3) is 0.182. The molecule has 0 saturated heterocycles. The van der Waals surface area contributed by atoms with Crippen LogP contribution >= 0.6 is 11.6 Å². The third kappa shape index (κ3) is 3.53. The molecule has 2 aromatic heterocycles. The lowest BCUT2D eigenvalue weighted by Crippen LogP contribution is -2.01. The molecule has 1 saturated carbocycles. The predicted molar refractivity (Wildman–Crippen MR) is 110 cm³/mol. The Hall–Kier alpha value is -2.85. The molecule has 4 aromatic rings. The summed E-state index contributed by atoms with van der Waals surface area (Å²) in [6.45, 7) is 0.749. The third-order valence-electron chi connectivity index (χ3n) is 4.90. The first-order chi connectivity index (χ1) is 13.2. The van der Waals surface area contributed by atoms with Crippen molar-refractivity contribution in [3.63, 3.8) is 0 Å². The van der Waals surface area contributed by atoms with E-state index in [2.05, 4.69) is 40.7 Å². The normalized spacial score (nSPS) is 13.8. The summed E-state index contributed by atoms with van der Waals surface area (Å²) in [4.78, 5) is 4.84. The first kappa shape index (κ1) is 16.3. The van der Waals surface area contributed by atoms with Crippen LogP contribution in [0.5, 0.6) is 0 Å². The van der Waals surface area contributed by atoms with Crippen LogP contribution in [-0.4, -0.2) is 14.8 Å². The van der Waals surface area contributed by atoms with Gasteiger partial charge in [-0.15, -0.1) is 0 Å². The van der Waals surface area contributed by atoms with Gasteiger partial charge in [-0.05, 0) is 60.9 Å². The maximum atomic E-state index is 6.25. The number of rotatable bonds is 5. The molecule has 2 heterocycles. The van der Waals surface area contributed by atoms with E-state index < -0.39 is 0 Å². The molecule has 1 aliphatic carbocycles. The number of nitrogens with one attached hydrogen (secondary N) is 1. The summed E-state index contributed by atoms with van der Waals surface area (Å²) in [5, 5.41) is 9.64. The minimum Gasteiger partial charge on any atom is -0.355 e. The topological polar surface area (TPSA) is 42.7 Å². The van der Waals surface area contributed by atoms with Crippen molar-refractivity contribution in [2.24, 2.45) is 0 Å². The minimum atomic E-state index is 0.594. The van der Waals surface area contributed by atoms with Crippen molar-refractivity contribution in [1.82, 2.24) is 14.8 Å². The molecule has 0 atom stereocenters. The van der Waals surface area contributed by atoms with E-state index in [9.17, 15) is 0 Å². The SMILES string of the molecule is Clc1ccc2nc(C3CC3)cc(Nc3cccc(Cn4cccn4)c3)c2c1. The van der Waals surface area contributed by atoms with Gasteiger partial charge in [0.05, 0.1) is 12.1 Å². The second-order valence-corrected chi connectivity index (χ2v) is 7.50. The quantitative estimate of drug-likeness (QED) is 0.483. The maximum Gasteiger partial charge on any atom is 0.0727 e. The number of hydrogen-bond donors (Lipinski definition) is 1. The Bertz CT molecular complexity index is 1100. The van der Waals surface area contributed by atoms with E-state index in [0.717, 1.165) is 33.8 Å². The number of nitrogens with zero attached hydrogens (tertiary/aromatic N) is 3. The lowest BCUT2D eigenvalue weighted by Gasteiger charge is -2.13. The molecule has 4 nitrogen and oxygen atoms in total. The Kier molecular flexibility index (Phi) is 4.06. The molecule has 2 aromatic carbocycles. The van der Waals surface area contributed by atoms with E-state index in [0.29, 0.717) is 5.92 Å². The first-order valence-electron chi connectivity index (χ1n) is 9.18. The first-order valence-corrected chi connectivity index (χ1v) is 9.56. The van der Waals surface area contributed by atoms with Gasteiger partial charge < -0.3 is 5.32 Å². The number of benzene rings is 2. The number of pyridine rings is 1. The van der Waals surface area contributed by atoms with Gasteiger partial charge in [0.15, 0.2) is 0 Å². The van der Waals surface area contributed by atoms with Crippen molar-refractivity contribution in [3.05, 3.63) is 83.3 Å². The van der Waals surface area contributed by atoms with Crippen molar-refractivity contribution < 1.29 is 0 Å². The lowest BCUT2D eigenvalue weighted by atomic mass is 10.1. The zero-order valence-corrected chi connectivity index (χ0v) is 15.5. The second kappa shape index (κ2) is 6.71. The Morgan fingerprint density at radius 3 is 2.81 bits per heavy atom. The summed E-state index contributed by atoms with van der Waals surface area (Å²) in [6.07, 6.45) is 6.23. The molecule has 1 aliphatic rings. The second-order valence-electron chi connectivity index (χ2n) is 7.06. The summed E-state index contributed by atoms with van der Waals surface area (Å²) in [5.41, 5.74) is 5.45. The Morgan fingerprint density at radius 1 is 1.07 bits per heavy atom. The fourth-order valence-corrected chi connectivity index (χ4v) is 3.57. The van der Waals surface area contributed by atoms with Crippen molar-refractivity contribution in [3.8, 4) is 0 Å². The van der Waals surface area contributed by atoms with Gasteiger partial charge in [0.25, 0.3) is 0 Å². The number of fused-ring (bicyclic) bond motifs is 1. The molecule has 0 bridgehead atoms. The van der Waals surface area contributed by atoms with E-state index in [-0.39, 0.29) is 0 Å². The molecular weight excluding hydrogens is 356 g/mol. The van der Waals surface area contributed by atoms with Crippen LogP contribution < -0.4 is 5.32 Å². The van der Waals surface area contributed by atoms with Crippen LogP contribution in [0.3, 0.4) is 0 Å². The fourth-order valence-electron chi connectivity index (χ4n) is 3.39. The van der Waals surface area contributed by atoms with Crippen LogP contribution in [-0.2, 0) is 6.54 Å². The van der Waals surface area contributed by atoms with Crippen molar-refractivity contribution in [2.45, 2.75) is 25.3 Å². The van der Waals surface area contributed by atoms with Gasteiger partial charge in [0.2, 0.25) is 0 Å². The van der Waals surface area contributed by atoms with Gasteiger partial charge in [-0.3, -0.25) is 9.67 Å². The third-order valence-corrected chi connectivity index (χ3v) is 5.13. The molecule has 1 fully saturated rings. The average molecular weight is 375 g/mol. The highest BCUT2D eigenvalue weighted by Crippen LogP contribution is 2.41. The van der Waals surface area contributed by atoms with Crippen molar-refractivity contribution in [2.75, 3.05) is 5.32 Å². The molecule has 0 aliphatic heterocycles. The standard InChI is InChI=1S/C22H19ClN4/c23-17-7-8-20-19(12-17)22(13-21(26-20)16-5-6-16)25-18-4-1-3-15(11-18)14-27-10-2-9-24-27/h1-4,7-13,16H,5-6,14H2,(H,25,26). The highest BCUT2D eigenvalue weighted by molar-refractivity contribution is 6.31. The zero-order chi connectivity index (χ0) is 18.2. The maximum absolute atomic E-state index is 6.25. The van der Waals surface area contributed by atoms with Gasteiger partial charge in [-0.2, -0.15) is 5.10 Å². The highest BCUT2D eigenvalue weighted by atomic mass is 35.5. The molecule has 5 heteroatoms. The molecule has 0 unspecified atom stereocenters. The molecule has 0 amide bonds. The lowest BCUT2D eigenvalue weighted by molar-refractivity contribution is 0.687. The van der Waals surface area contributed by atoms with Gasteiger partial charge in [-0.25, -0.2) is 0 Å². The monoisotopic (exact) mass is 374 g/mol. The van der Waals surface area contributed by atoms with Gasteiger partial charge >= 0.3 is 0 Å².